The number of nitrogens with one attached hydrogen (secondary N) is 1. The Labute approximate surface area is 119 Å². The molecular weight excluding hydrogens is 250 g/mol. The van der Waals surface area contributed by atoms with Crippen molar-refractivity contribution in [3.05, 3.63) is 42.1 Å². The number of rotatable bonds is 5. The summed E-state index contributed by atoms with van der Waals surface area (Å²) in [6.45, 7) is 0. The van der Waals surface area contributed by atoms with Crippen LogP contribution in [0.15, 0.2) is 36.5 Å². The van der Waals surface area contributed by atoms with Crippen LogP contribution in [0.5, 0.6) is 0 Å². The van der Waals surface area contributed by atoms with Gasteiger partial charge in [0.15, 0.2) is 0 Å². The highest BCUT2D eigenvalue weighted by Crippen LogP contribution is 2.42. The van der Waals surface area contributed by atoms with Crippen LogP contribution in [0.4, 0.5) is 0 Å². The van der Waals surface area contributed by atoms with E-state index in [1.165, 1.54) is 12.0 Å². The lowest BCUT2D eigenvalue weighted by Gasteiger charge is -2.42. The Morgan fingerprint density at radius 1 is 1.35 bits per heavy atom. The molecule has 1 fully saturated rings. The van der Waals surface area contributed by atoms with E-state index in [0.29, 0.717) is 0 Å². The van der Waals surface area contributed by atoms with E-state index in [2.05, 4.69) is 22.5 Å². The summed E-state index contributed by atoms with van der Waals surface area (Å²) in [5.74, 6) is 5.81. The summed E-state index contributed by atoms with van der Waals surface area (Å²) in [5.41, 5.74) is 5.15. The van der Waals surface area contributed by atoms with Crippen LogP contribution in [-0.2, 0) is 4.74 Å². The largest absolute Gasteiger partial charge is 0.378 e. The van der Waals surface area contributed by atoms with Gasteiger partial charge in [0.2, 0.25) is 0 Å². The highest BCUT2D eigenvalue weighted by Gasteiger charge is 2.39. The maximum absolute atomic E-state index is 5.81. The van der Waals surface area contributed by atoms with Crippen molar-refractivity contribution in [1.29, 1.82) is 0 Å². The highest BCUT2D eigenvalue weighted by atomic mass is 16.5. The van der Waals surface area contributed by atoms with Gasteiger partial charge in [-0.05, 0) is 43.4 Å². The molecule has 3 N–H and O–H groups in total. The zero-order valence-corrected chi connectivity index (χ0v) is 11.8. The molecule has 1 atom stereocenters. The van der Waals surface area contributed by atoms with E-state index in [4.69, 9.17) is 10.6 Å². The first kappa shape index (κ1) is 13.5. The number of aromatic nitrogens is 1. The minimum absolute atomic E-state index is 0.0125. The molecule has 0 spiro atoms. The summed E-state index contributed by atoms with van der Waals surface area (Å²) >= 11 is 0. The molecule has 1 aliphatic carbocycles. The third-order valence-corrected chi connectivity index (χ3v) is 4.53. The Morgan fingerprint density at radius 3 is 2.85 bits per heavy atom. The van der Waals surface area contributed by atoms with Gasteiger partial charge >= 0.3 is 0 Å². The molecule has 1 aromatic heterocycles. The smallest absolute Gasteiger partial charge is 0.0705 e. The van der Waals surface area contributed by atoms with Crippen LogP contribution in [0.3, 0.4) is 0 Å². The number of hydrazine groups is 1. The molecule has 0 radical (unpaired) electrons. The van der Waals surface area contributed by atoms with Crippen molar-refractivity contribution in [2.75, 3.05) is 7.11 Å². The summed E-state index contributed by atoms with van der Waals surface area (Å²) in [4.78, 5) is 4.41. The summed E-state index contributed by atoms with van der Waals surface area (Å²) in [5, 5.41) is 1.16. The Bertz CT molecular complexity index is 584. The third-order valence-electron chi connectivity index (χ3n) is 4.53. The molecule has 3 rings (SSSR count). The van der Waals surface area contributed by atoms with Crippen LogP contribution in [0.25, 0.3) is 10.9 Å². The number of benzene rings is 1. The van der Waals surface area contributed by atoms with Crippen LogP contribution >= 0.6 is 0 Å². The number of fused-ring (bicyclic) bond motifs is 1. The fourth-order valence-electron chi connectivity index (χ4n) is 3.12. The first-order valence-electron chi connectivity index (χ1n) is 7.13. The van der Waals surface area contributed by atoms with E-state index in [1.54, 1.807) is 7.11 Å². The topological polar surface area (TPSA) is 60.2 Å². The minimum atomic E-state index is -0.0125. The molecule has 0 amide bonds. The van der Waals surface area contributed by atoms with E-state index in [1.807, 2.05) is 24.4 Å². The average Bonchev–Trinajstić information content (AvgIpc) is 2.47. The van der Waals surface area contributed by atoms with E-state index in [-0.39, 0.29) is 11.6 Å². The van der Waals surface area contributed by atoms with Crippen LogP contribution in [-0.4, -0.2) is 17.7 Å². The first-order chi connectivity index (χ1) is 9.78. The lowest BCUT2D eigenvalue weighted by molar-refractivity contribution is -0.0837. The number of ether oxygens (including phenoxy) is 1. The highest BCUT2D eigenvalue weighted by molar-refractivity contribution is 5.82. The molecule has 1 aromatic carbocycles. The molecule has 2 aromatic rings. The Kier molecular flexibility index (Phi) is 3.70. The molecule has 4 nitrogen and oxygen atoms in total. The molecule has 4 heteroatoms. The lowest BCUT2D eigenvalue weighted by Crippen LogP contribution is -2.44. The van der Waals surface area contributed by atoms with Crippen LogP contribution < -0.4 is 11.3 Å². The summed E-state index contributed by atoms with van der Waals surface area (Å²) < 4.78 is 5.73. The normalized spacial score (nSPS) is 18.7. The summed E-state index contributed by atoms with van der Waals surface area (Å²) in [7, 11) is 1.80. The van der Waals surface area contributed by atoms with Crippen molar-refractivity contribution in [3.8, 4) is 0 Å². The molecule has 1 saturated carbocycles. The van der Waals surface area contributed by atoms with Crippen LogP contribution in [0.1, 0.15) is 37.3 Å². The number of nitrogens with two attached hydrogens (primary N) is 1. The number of hydrogen-bond acceptors (Lipinski definition) is 4. The Hall–Kier alpha value is -1.49. The standard InChI is InChI=1S/C16H21N3O/c1-20-16(8-4-9-16)11-15(19-17)13-5-2-7-14-12(13)6-3-10-18-14/h2-3,5-7,10,15,19H,4,8-9,11,17H2,1H3. The van der Waals surface area contributed by atoms with Crippen molar-refractivity contribution in [1.82, 2.24) is 10.4 Å². The maximum atomic E-state index is 5.81. The predicted octanol–water partition coefficient (Wildman–Crippen LogP) is 2.70. The fraction of sp³-hybridized carbons (Fsp3) is 0.438. The number of hydrogen-bond donors (Lipinski definition) is 2. The van der Waals surface area contributed by atoms with Gasteiger partial charge in [0, 0.05) is 24.7 Å². The van der Waals surface area contributed by atoms with Gasteiger partial charge in [0.05, 0.1) is 11.1 Å². The van der Waals surface area contributed by atoms with E-state index >= 15 is 0 Å². The van der Waals surface area contributed by atoms with Gasteiger partial charge in [-0.2, -0.15) is 0 Å². The summed E-state index contributed by atoms with van der Waals surface area (Å²) in [6, 6.07) is 10.3. The molecule has 106 valence electrons. The number of methoxy groups -OCH3 is 1. The third kappa shape index (κ3) is 2.30. The van der Waals surface area contributed by atoms with Crippen molar-refractivity contribution in [2.24, 2.45) is 5.84 Å². The summed E-state index contributed by atoms with van der Waals surface area (Å²) in [6.07, 6.45) is 6.19. The van der Waals surface area contributed by atoms with Gasteiger partial charge in [-0.1, -0.05) is 18.2 Å². The molecule has 0 aliphatic heterocycles. The van der Waals surface area contributed by atoms with Gasteiger partial charge in [-0.3, -0.25) is 16.3 Å². The number of pyridine rings is 1. The van der Waals surface area contributed by atoms with Gasteiger partial charge in [0.1, 0.15) is 0 Å². The molecule has 1 aliphatic rings. The Morgan fingerprint density at radius 2 is 2.20 bits per heavy atom. The van der Waals surface area contributed by atoms with Gasteiger partial charge in [0.25, 0.3) is 0 Å². The second-order valence-corrected chi connectivity index (χ2v) is 5.58. The second-order valence-electron chi connectivity index (χ2n) is 5.58. The predicted molar refractivity (Wildman–Crippen MR) is 80.0 cm³/mol. The van der Waals surface area contributed by atoms with E-state index in [9.17, 15) is 0 Å². The van der Waals surface area contributed by atoms with Crippen molar-refractivity contribution in [2.45, 2.75) is 37.3 Å². The monoisotopic (exact) mass is 271 g/mol. The first-order valence-corrected chi connectivity index (χ1v) is 7.13. The second kappa shape index (κ2) is 5.48. The Balaban J connectivity index is 1.95. The molecule has 0 bridgehead atoms. The van der Waals surface area contributed by atoms with E-state index < -0.39 is 0 Å². The SMILES string of the molecule is COC1(CC(NN)c2cccc3ncccc23)CCC1. The van der Waals surface area contributed by atoms with Crippen LogP contribution in [0, 0.1) is 0 Å². The van der Waals surface area contributed by atoms with E-state index in [0.717, 1.165) is 30.2 Å². The van der Waals surface area contributed by atoms with Gasteiger partial charge in [-0.15, -0.1) is 0 Å². The average molecular weight is 271 g/mol. The minimum Gasteiger partial charge on any atom is -0.378 e. The lowest BCUT2D eigenvalue weighted by atomic mass is 9.74. The number of nitrogens with zero attached hydrogens (tertiary/aromatic N) is 1. The maximum Gasteiger partial charge on any atom is 0.0705 e. The zero-order valence-electron chi connectivity index (χ0n) is 11.8. The van der Waals surface area contributed by atoms with Gasteiger partial charge < -0.3 is 4.74 Å². The quantitative estimate of drug-likeness (QED) is 0.648. The van der Waals surface area contributed by atoms with Crippen molar-refractivity contribution in [3.63, 3.8) is 0 Å². The molecule has 0 saturated heterocycles. The molecular formula is C16H21N3O. The molecule has 20 heavy (non-hydrogen) atoms. The van der Waals surface area contributed by atoms with Crippen LogP contribution in [0.2, 0.25) is 0 Å². The zero-order chi connectivity index (χ0) is 14.0. The molecule has 1 unspecified atom stereocenters. The van der Waals surface area contributed by atoms with Crippen molar-refractivity contribution >= 4 is 10.9 Å². The van der Waals surface area contributed by atoms with Crippen molar-refractivity contribution < 1.29 is 4.74 Å². The van der Waals surface area contributed by atoms with Gasteiger partial charge in [-0.25, -0.2) is 0 Å². The molecule has 1 heterocycles. The fourth-order valence-corrected chi connectivity index (χ4v) is 3.12.